The van der Waals surface area contributed by atoms with E-state index in [1.54, 1.807) is 0 Å². The van der Waals surface area contributed by atoms with Crippen molar-refractivity contribution in [1.82, 2.24) is 0 Å². The molecule has 0 N–H and O–H groups in total. The van der Waals surface area contributed by atoms with Gasteiger partial charge in [0.05, 0.1) is 5.69 Å². The van der Waals surface area contributed by atoms with Gasteiger partial charge in [-0.3, -0.25) is 4.79 Å². The minimum atomic E-state index is 0.130. The molecule has 2 nitrogen and oxygen atoms in total. The maximum atomic E-state index is 11.9. The first-order valence-corrected chi connectivity index (χ1v) is 6.93. The van der Waals surface area contributed by atoms with Crippen molar-refractivity contribution >= 4 is 35.0 Å². The number of rotatable bonds is 2. The lowest BCUT2D eigenvalue weighted by atomic mass is 10.2. The Morgan fingerprint density at radius 1 is 1.44 bits per heavy atom. The highest BCUT2D eigenvalue weighted by atomic mass is 35.5. The number of alkyl halides is 1. The van der Waals surface area contributed by atoms with E-state index in [4.69, 9.17) is 11.6 Å². The highest BCUT2D eigenvalue weighted by molar-refractivity contribution is 7.99. The average molecular weight is 256 g/mol. The molecule has 1 aliphatic rings. The van der Waals surface area contributed by atoms with Crippen molar-refractivity contribution in [3.05, 3.63) is 24.3 Å². The number of nitrogens with zero attached hydrogens (tertiary/aromatic N) is 1. The summed E-state index contributed by atoms with van der Waals surface area (Å²) in [7, 11) is 0. The van der Waals surface area contributed by atoms with Crippen molar-refractivity contribution in [2.24, 2.45) is 0 Å². The molecule has 1 aliphatic heterocycles. The van der Waals surface area contributed by atoms with Gasteiger partial charge in [-0.1, -0.05) is 12.1 Å². The number of thioether (sulfide) groups is 1. The first kappa shape index (κ1) is 11.8. The number of benzene rings is 1. The third-order valence-corrected chi connectivity index (χ3v) is 3.89. The average Bonchev–Trinajstić information content (AvgIpc) is 2.51. The topological polar surface area (TPSA) is 20.3 Å². The Bertz CT molecular complexity index is 383. The van der Waals surface area contributed by atoms with Crippen LogP contribution in [0.4, 0.5) is 5.69 Å². The molecule has 0 aromatic heterocycles. The van der Waals surface area contributed by atoms with Gasteiger partial charge >= 0.3 is 0 Å². The van der Waals surface area contributed by atoms with Crippen LogP contribution in [-0.4, -0.2) is 24.1 Å². The van der Waals surface area contributed by atoms with Crippen molar-refractivity contribution in [2.45, 2.75) is 17.7 Å². The third-order valence-electron chi connectivity index (χ3n) is 2.55. The van der Waals surface area contributed by atoms with E-state index in [0.717, 1.165) is 24.4 Å². The molecule has 0 bridgehead atoms. The summed E-state index contributed by atoms with van der Waals surface area (Å²) in [6, 6.07) is 8.08. The van der Waals surface area contributed by atoms with Crippen LogP contribution in [0.15, 0.2) is 29.2 Å². The molecule has 0 aliphatic carbocycles. The lowest BCUT2D eigenvalue weighted by Crippen LogP contribution is -2.31. The Hall–Kier alpha value is -0.670. The summed E-state index contributed by atoms with van der Waals surface area (Å²) in [5.41, 5.74) is 1.04. The zero-order valence-corrected chi connectivity index (χ0v) is 10.6. The van der Waals surface area contributed by atoms with E-state index < -0.39 is 0 Å². The van der Waals surface area contributed by atoms with Crippen LogP contribution in [0.2, 0.25) is 0 Å². The van der Waals surface area contributed by atoms with Gasteiger partial charge in [-0.25, -0.2) is 0 Å². The van der Waals surface area contributed by atoms with Crippen LogP contribution >= 0.6 is 23.4 Å². The molecule has 0 fully saturated rings. The lowest BCUT2D eigenvalue weighted by molar-refractivity contribution is -0.118. The van der Waals surface area contributed by atoms with Gasteiger partial charge in [0.2, 0.25) is 5.91 Å². The van der Waals surface area contributed by atoms with E-state index in [2.05, 4.69) is 6.07 Å². The molecule has 0 unspecified atom stereocenters. The standard InChI is InChI=1S/C12H14ClNOS/c13-7-6-12(15)14-8-3-9-16-11-5-2-1-4-10(11)14/h1-2,4-5H,3,6-9H2. The predicted octanol–water partition coefficient (Wildman–Crippen LogP) is 3.14. The van der Waals surface area contributed by atoms with E-state index in [0.29, 0.717) is 12.3 Å². The minimum Gasteiger partial charge on any atom is -0.311 e. The summed E-state index contributed by atoms with van der Waals surface area (Å²) in [5, 5.41) is 0. The third kappa shape index (κ3) is 2.53. The molecule has 1 heterocycles. The number of amides is 1. The highest BCUT2D eigenvalue weighted by Gasteiger charge is 2.20. The smallest absolute Gasteiger partial charge is 0.228 e. The monoisotopic (exact) mass is 255 g/mol. The van der Waals surface area contributed by atoms with Crippen molar-refractivity contribution in [2.75, 3.05) is 23.1 Å². The molecule has 0 saturated heterocycles. The summed E-state index contributed by atoms with van der Waals surface area (Å²) < 4.78 is 0. The van der Waals surface area contributed by atoms with Crippen LogP contribution in [-0.2, 0) is 4.79 Å². The summed E-state index contributed by atoms with van der Waals surface area (Å²) in [6.07, 6.45) is 1.45. The van der Waals surface area contributed by atoms with Crippen molar-refractivity contribution in [3.8, 4) is 0 Å². The van der Waals surface area contributed by atoms with Gasteiger partial charge in [-0.05, 0) is 24.3 Å². The molecule has 86 valence electrons. The van der Waals surface area contributed by atoms with Crippen molar-refractivity contribution < 1.29 is 4.79 Å². The molecule has 1 aromatic carbocycles. The number of carbonyl (C=O) groups excluding carboxylic acids is 1. The summed E-state index contributed by atoms with van der Waals surface area (Å²) in [6.45, 7) is 0.805. The molecule has 2 rings (SSSR count). The van der Waals surface area contributed by atoms with E-state index >= 15 is 0 Å². The van der Waals surface area contributed by atoms with Crippen molar-refractivity contribution in [3.63, 3.8) is 0 Å². The summed E-state index contributed by atoms with van der Waals surface area (Å²) >= 11 is 7.45. The van der Waals surface area contributed by atoms with E-state index in [9.17, 15) is 4.79 Å². The number of fused-ring (bicyclic) bond motifs is 1. The summed E-state index contributed by atoms with van der Waals surface area (Å²) in [5.74, 6) is 1.59. The van der Waals surface area contributed by atoms with E-state index in [1.165, 1.54) is 4.90 Å². The second-order valence-corrected chi connectivity index (χ2v) is 5.17. The predicted molar refractivity (Wildman–Crippen MR) is 69.5 cm³/mol. The quantitative estimate of drug-likeness (QED) is 0.757. The number of para-hydroxylation sites is 1. The number of hydrogen-bond acceptors (Lipinski definition) is 2. The number of anilines is 1. The maximum Gasteiger partial charge on any atom is 0.228 e. The molecular weight excluding hydrogens is 242 g/mol. The fourth-order valence-electron chi connectivity index (χ4n) is 1.80. The maximum absolute atomic E-state index is 11.9. The second-order valence-electron chi connectivity index (χ2n) is 3.65. The molecule has 16 heavy (non-hydrogen) atoms. The molecule has 0 radical (unpaired) electrons. The zero-order valence-electron chi connectivity index (χ0n) is 8.99. The first-order valence-electron chi connectivity index (χ1n) is 5.41. The lowest BCUT2D eigenvalue weighted by Gasteiger charge is -2.22. The Morgan fingerprint density at radius 3 is 3.06 bits per heavy atom. The van der Waals surface area contributed by atoms with Gasteiger partial charge in [-0.15, -0.1) is 23.4 Å². The minimum absolute atomic E-state index is 0.130. The molecular formula is C12H14ClNOS. The van der Waals surface area contributed by atoms with Crippen LogP contribution in [0, 0.1) is 0 Å². The Balaban J connectivity index is 2.28. The number of carbonyl (C=O) groups is 1. The number of halogens is 1. The first-order chi connectivity index (χ1) is 7.83. The van der Waals surface area contributed by atoms with Gasteiger partial charge in [0.1, 0.15) is 0 Å². The SMILES string of the molecule is O=C(CCCl)N1CCCSc2ccccc21. The van der Waals surface area contributed by atoms with Crippen LogP contribution in [0.3, 0.4) is 0 Å². The largest absolute Gasteiger partial charge is 0.311 e. The van der Waals surface area contributed by atoms with Gasteiger partial charge in [-0.2, -0.15) is 0 Å². The van der Waals surface area contributed by atoms with Crippen LogP contribution < -0.4 is 4.90 Å². The summed E-state index contributed by atoms with van der Waals surface area (Å²) in [4.78, 5) is 15.0. The molecule has 0 atom stereocenters. The van der Waals surface area contributed by atoms with Crippen LogP contribution in [0.1, 0.15) is 12.8 Å². The van der Waals surface area contributed by atoms with Crippen molar-refractivity contribution in [1.29, 1.82) is 0 Å². The van der Waals surface area contributed by atoms with Crippen LogP contribution in [0.5, 0.6) is 0 Å². The molecule has 1 amide bonds. The molecule has 0 spiro atoms. The molecule has 4 heteroatoms. The zero-order chi connectivity index (χ0) is 11.4. The Kier molecular flexibility index (Phi) is 4.13. The highest BCUT2D eigenvalue weighted by Crippen LogP contribution is 2.33. The molecule has 1 aromatic rings. The Morgan fingerprint density at radius 2 is 2.25 bits per heavy atom. The van der Waals surface area contributed by atoms with Crippen LogP contribution in [0.25, 0.3) is 0 Å². The van der Waals surface area contributed by atoms with Gasteiger partial charge < -0.3 is 4.90 Å². The van der Waals surface area contributed by atoms with Gasteiger partial charge in [0.25, 0.3) is 0 Å². The fourth-order valence-corrected chi connectivity index (χ4v) is 2.96. The fraction of sp³-hybridized carbons (Fsp3) is 0.417. The normalized spacial score (nSPS) is 15.4. The van der Waals surface area contributed by atoms with E-state index in [1.807, 2.05) is 34.9 Å². The van der Waals surface area contributed by atoms with E-state index in [-0.39, 0.29) is 5.91 Å². The van der Waals surface area contributed by atoms with Gasteiger partial charge in [0.15, 0.2) is 0 Å². The van der Waals surface area contributed by atoms with Gasteiger partial charge in [0, 0.05) is 23.7 Å². The Labute approximate surface area is 105 Å². The second kappa shape index (κ2) is 5.60. The molecule has 0 saturated carbocycles. The number of hydrogen-bond donors (Lipinski definition) is 0.